The first-order valence-corrected chi connectivity index (χ1v) is 8.96. The fourth-order valence-corrected chi connectivity index (χ4v) is 3.37. The average Bonchev–Trinajstić information content (AvgIpc) is 2.63. The third-order valence-electron chi connectivity index (χ3n) is 4.79. The Morgan fingerprint density at radius 2 is 1.88 bits per heavy atom. The van der Waals surface area contributed by atoms with Gasteiger partial charge in [-0.05, 0) is 61.2 Å². The second kappa shape index (κ2) is 8.60. The van der Waals surface area contributed by atoms with Gasteiger partial charge in [0.25, 0.3) is 0 Å². The Balaban J connectivity index is 1.53. The van der Waals surface area contributed by atoms with Crippen molar-refractivity contribution in [3.8, 4) is 5.75 Å². The van der Waals surface area contributed by atoms with E-state index in [9.17, 15) is 8.78 Å². The van der Waals surface area contributed by atoms with Crippen LogP contribution < -0.4 is 4.74 Å². The molecule has 140 valence electrons. The van der Waals surface area contributed by atoms with Gasteiger partial charge in [0.2, 0.25) is 0 Å². The highest BCUT2D eigenvalue weighted by molar-refractivity contribution is 5.29. The number of likely N-dealkylation sites (tertiary alicyclic amines) is 1. The van der Waals surface area contributed by atoms with E-state index in [1.54, 1.807) is 19.1 Å². The van der Waals surface area contributed by atoms with E-state index in [0.29, 0.717) is 18.7 Å². The maximum absolute atomic E-state index is 13.9. The van der Waals surface area contributed by atoms with E-state index in [-0.39, 0.29) is 23.5 Å². The first-order chi connectivity index (χ1) is 12.5. The fraction of sp³-hybridized carbons (Fsp3) is 0.429. The van der Waals surface area contributed by atoms with Gasteiger partial charge in [0, 0.05) is 13.1 Å². The second-order valence-electron chi connectivity index (χ2n) is 6.86. The minimum absolute atomic E-state index is 0.136. The Morgan fingerprint density at radius 3 is 2.62 bits per heavy atom. The number of piperidine rings is 1. The summed E-state index contributed by atoms with van der Waals surface area (Å²) in [5, 5.41) is 0. The molecular formula is C21H25F2NO2. The molecule has 1 fully saturated rings. The summed E-state index contributed by atoms with van der Waals surface area (Å²) in [4.78, 5) is 2.28. The highest BCUT2D eigenvalue weighted by Gasteiger charge is 2.21. The van der Waals surface area contributed by atoms with Crippen LogP contribution in [0.4, 0.5) is 8.78 Å². The van der Waals surface area contributed by atoms with Crippen molar-refractivity contribution >= 4 is 0 Å². The largest absolute Gasteiger partial charge is 0.494 e. The zero-order valence-electron chi connectivity index (χ0n) is 15.3. The molecule has 1 aliphatic rings. The van der Waals surface area contributed by atoms with Crippen LogP contribution in [-0.2, 0) is 17.9 Å². The van der Waals surface area contributed by atoms with E-state index < -0.39 is 0 Å². The molecule has 2 aromatic rings. The quantitative estimate of drug-likeness (QED) is 0.758. The van der Waals surface area contributed by atoms with Crippen LogP contribution in [0.15, 0.2) is 36.4 Å². The lowest BCUT2D eigenvalue weighted by atomic mass is 10.1. The monoisotopic (exact) mass is 361 g/mol. The van der Waals surface area contributed by atoms with Crippen LogP contribution in [0.25, 0.3) is 0 Å². The predicted molar refractivity (Wildman–Crippen MR) is 97.2 cm³/mol. The molecular weight excluding hydrogens is 336 g/mol. The van der Waals surface area contributed by atoms with E-state index in [0.717, 1.165) is 37.1 Å². The summed E-state index contributed by atoms with van der Waals surface area (Å²) in [6.45, 7) is 4.72. The van der Waals surface area contributed by atoms with E-state index in [4.69, 9.17) is 9.47 Å². The van der Waals surface area contributed by atoms with Crippen LogP contribution in [0.2, 0.25) is 0 Å². The Hall–Kier alpha value is -1.98. The van der Waals surface area contributed by atoms with Crippen molar-refractivity contribution < 1.29 is 18.3 Å². The van der Waals surface area contributed by atoms with Gasteiger partial charge in [-0.2, -0.15) is 0 Å². The maximum Gasteiger partial charge on any atom is 0.165 e. The number of hydrogen-bond donors (Lipinski definition) is 0. The molecule has 3 rings (SSSR count). The number of hydrogen-bond acceptors (Lipinski definition) is 3. The fourth-order valence-electron chi connectivity index (χ4n) is 3.37. The van der Waals surface area contributed by atoms with E-state index in [1.807, 2.05) is 12.1 Å². The maximum atomic E-state index is 13.9. The summed E-state index contributed by atoms with van der Waals surface area (Å²) in [7, 11) is 1.47. The standard InChI is InChI=1S/C21H25F2NO2/c1-15-10-17(5-7-19(15)22)14-26-18-4-3-9-24(13-18)12-16-6-8-21(25-2)20(23)11-16/h5-8,10-11,18H,3-4,9,12-14H2,1-2H3/t18-/m1/s1. The number of nitrogens with zero attached hydrogens (tertiary/aromatic N) is 1. The lowest BCUT2D eigenvalue weighted by molar-refractivity contribution is -0.0121. The molecule has 0 aliphatic carbocycles. The molecule has 0 aromatic heterocycles. The lowest BCUT2D eigenvalue weighted by Gasteiger charge is -2.32. The predicted octanol–water partition coefficient (Wildman–Crippen LogP) is 4.46. The van der Waals surface area contributed by atoms with Crippen molar-refractivity contribution in [1.82, 2.24) is 4.90 Å². The number of rotatable bonds is 6. The molecule has 2 aromatic carbocycles. The minimum Gasteiger partial charge on any atom is -0.494 e. The third kappa shape index (κ3) is 4.80. The van der Waals surface area contributed by atoms with Gasteiger partial charge >= 0.3 is 0 Å². The molecule has 0 saturated carbocycles. The summed E-state index contributed by atoms with van der Waals surface area (Å²) >= 11 is 0. The number of halogens is 2. The molecule has 0 bridgehead atoms. The molecule has 1 saturated heterocycles. The van der Waals surface area contributed by atoms with Gasteiger partial charge in [0.15, 0.2) is 11.6 Å². The van der Waals surface area contributed by atoms with E-state index in [2.05, 4.69) is 4.90 Å². The first-order valence-electron chi connectivity index (χ1n) is 8.96. The normalized spacial score (nSPS) is 18.1. The summed E-state index contributed by atoms with van der Waals surface area (Å²) in [6, 6.07) is 10.2. The van der Waals surface area contributed by atoms with Gasteiger partial charge in [0.1, 0.15) is 5.82 Å². The highest BCUT2D eigenvalue weighted by Crippen LogP contribution is 2.21. The average molecular weight is 361 g/mol. The molecule has 0 unspecified atom stereocenters. The summed E-state index contributed by atoms with van der Waals surface area (Å²) in [6.07, 6.45) is 2.19. The minimum atomic E-state index is -0.332. The summed E-state index contributed by atoms with van der Waals surface area (Å²) in [5.41, 5.74) is 2.55. The molecule has 0 N–H and O–H groups in total. The molecule has 26 heavy (non-hydrogen) atoms. The molecule has 5 heteroatoms. The van der Waals surface area contributed by atoms with Crippen LogP contribution >= 0.6 is 0 Å². The zero-order valence-corrected chi connectivity index (χ0v) is 15.3. The topological polar surface area (TPSA) is 21.7 Å². The summed E-state index contributed by atoms with van der Waals surface area (Å²) in [5.74, 6) is -0.256. The van der Waals surface area contributed by atoms with Crippen molar-refractivity contribution in [2.24, 2.45) is 0 Å². The SMILES string of the molecule is COc1ccc(CN2CCC[C@@H](OCc3ccc(F)c(C)c3)C2)cc1F. The Bertz CT molecular complexity index is 751. The molecule has 0 amide bonds. The lowest BCUT2D eigenvalue weighted by Crippen LogP contribution is -2.39. The van der Waals surface area contributed by atoms with Crippen molar-refractivity contribution in [1.29, 1.82) is 0 Å². The van der Waals surface area contributed by atoms with Crippen LogP contribution in [0, 0.1) is 18.6 Å². The molecule has 1 atom stereocenters. The molecule has 0 radical (unpaired) electrons. The van der Waals surface area contributed by atoms with Gasteiger partial charge in [-0.3, -0.25) is 4.90 Å². The van der Waals surface area contributed by atoms with Gasteiger partial charge in [0.05, 0.1) is 19.8 Å². The van der Waals surface area contributed by atoms with Gasteiger partial charge in [-0.15, -0.1) is 0 Å². The van der Waals surface area contributed by atoms with E-state index >= 15 is 0 Å². The number of methoxy groups -OCH3 is 1. The smallest absolute Gasteiger partial charge is 0.165 e. The Labute approximate surface area is 153 Å². The molecule has 1 aliphatic heterocycles. The second-order valence-corrected chi connectivity index (χ2v) is 6.86. The van der Waals surface area contributed by atoms with Crippen molar-refractivity contribution in [3.05, 3.63) is 64.7 Å². The van der Waals surface area contributed by atoms with Gasteiger partial charge < -0.3 is 9.47 Å². The Morgan fingerprint density at radius 1 is 1.08 bits per heavy atom. The number of ether oxygens (including phenoxy) is 2. The zero-order chi connectivity index (χ0) is 18.5. The van der Waals surface area contributed by atoms with E-state index in [1.165, 1.54) is 19.2 Å². The van der Waals surface area contributed by atoms with Crippen LogP contribution in [0.5, 0.6) is 5.75 Å². The molecule has 3 nitrogen and oxygen atoms in total. The number of benzene rings is 2. The molecule has 0 spiro atoms. The van der Waals surface area contributed by atoms with Crippen LogP contribution in [0.1, 0.15) is 29.5 Å². The van der Waals surface area contributed by atoms with Gasteiger partial charge in [-0.25, -0.2) is 8.78 Å². The Kier molecular flexibility index (Phi) is 6.22. The van der Waals surface area contributed by atoms with Crippen molar-refractivity contribution in [3.63, 3.8) is 0 Å². The first kappa shape index (κ1) is 18.8. The third-order valence-corrected chi connectivity index (χ3v) is 4.79. The summed E-state index contributed by atoms with van der Waals surface area (Å²) < 4.78 is 38.2. The van der Waals surface area contributed by atoms with Gasteiger partial charge in [-0.1, -0.05) is 18.2 Å². The van der Waals surface area contributed by atoms with Crippen LogP contribution in [-0.4, -0.2) is 31.2 Å². The molecule has 1 heterocycles. The number of aryl methyl sites for hydroxylation is 1. The highest BCUT2D eigenvalue weighted by atomic mass is 19.1. The van der Waals surface area contributed by atoms with Crippen LogP contribution in [0.3, 0.4) is 0 Å². The van der Waals surface area contributed by atoms with Crippen molar-refractivity contribution in [2.75, 3.05) is 20.2 Å². The van der Waals surface area contributed by atoms with Crippen molar-refractivity contribution in [2.45, 2.75) is 39.0 Å².